The molecule has 8 nitrogen and oxygen atoms in total. The highest BCUT2D eigenvalue weighted by Crippen LogP contribution is 2.33. The predicted molar refractivity (Wildman–Crippen MR) is 101 cm³/mol. The summed E-state index contributed by atoms with van der Waals surface area (Å²) in [5.41, 5.74) is -1.29. The molecule has 0 aromatic carbocycles. The number of carbonyl (C=O) groups excluding carboxylic acids is 1. The van der Waals surface area contributed by atoms with Crippen molar-refractivity contribution in [3.8, 4) is 0 Å². The predicted octanol–water partition coefficient (Wildman–Crippen LogP) is 2.94. The number of halogens is 6. The van der Waals surface area contributed by atoms with Crippen molar-refractivity contribution in [1.29, 1.82) is 0 Å². The van der Waals surface area contributed by atoms with Crippen molar-refractivity contribution < 1.29 is 50.5 Å². The van der Waals surface area contributed by atoms with Gasteiger partial charge in [-0.3, -0.25) is 4.79 Å². The van der Waals surface area contributed by atoms with E-state index in [1.54, 1.807) is 4.90 Å². The number of anilines is 1. The second kappa shape index (κ2) is 10.5. The molecule has 0 saturated carbocycles. The van der Waals surface area contributed by atoms with E-state index in [4.69, 9.17) is 19.4 Å². The minimum Gasteiger partial charge on any atom is -0.475 e. The number of carboxylic acids is 1. The molecule has 0 bridgehead atoms. The van der Waals surface area contributed by atoms with Crippen molar-refractivity contribution in [1.82, 2.24) is 9.88 Å². The van der Waals surface area contributed by atoms with Gasteiger partial charge < -0.3 is 24.8 Å². The number of amides is 1. The highest BCUT2D eigenvalue weighted by Gasteiger charge is 2.43. The number of ether oxygens (including phenoxy) is 2. The van der Waals surface area contributed by atoms with Crippen LogP contribution in [0.5, 0.6) is 0 Å². The van der Waals surface area contributed by atoms with E-state index in [0.29, 0.717) is 38.7 Å². The number of aliphatic carboxylic acids is 1. The summed E-state index contributed by atoms with van der Waals surface area (Å²) in [4.78, 5) is 26.1. The van der Waals surface area contributed by atoms with Crippen LogP contribution in [0.4, 0.5) is 32.2 Å². The standard InChI is InChI=1S/C17H22F3N3O3.C2HF3O2/c1-12(24)23-6-7-25-11-16(10-23)5-4-14(26-16)9-22-15-3-2-13(8-21-15)17(18,19)20;3-2(4,5)1(6)7/h2-3,8,14H,4-7,9-11H2,1H3,(H,21,22);(H,6,7)/t14-,16+;/m1./s1. The van der Waals surface area contributed by atoms with Gasteiger partial charge in [-0.15, -0.1) is 0 Å². The summed E-state index contributed by atoms with van der Waals surface area (Å²) in [6, 6.07) is 2.30. The molecule has 186 valence electrons. The smallest absolute Gasteiger partial charge is 0.475 e. The van der Waals surface area contributed by atoms with E-state index in [1.165, 1.54) is 13.0 Å². The van der Waals surface area contributed by atoms with E-state index in [-0.39, 0.29) is 12.0 Å². The lowest BCUT2D eigenvalue weighted by atomic mass is 10.00. The van der Waals surface area contributed by atoms with Gasteiger partial charge in [-0.2, -0.15) is 26.3 Å². The third-order valence-corrected chi connectivity index (χ3v) is 4.98. The molecule has 1 amide bonds. The highest BCUT2D eigenvalue weighted by atomic mass is 19.4. The van der Waals surface area contributed by atoms with Gasteiger partial charge >= 0.3 is 18.3 Å². The summed E-state index contributed by atoms with van der Waals surface area (Å²) in [5, 5.41) is 10.1. The molecule has 2 fully saturated rings. The zero-order valence-electron chi connectivity index (χ0n) is 17.5. The number of nitrogens with one attached hydrogen (secondary N) is 1. The van der Waals surface area contributed by atoms with Gasteiger partial charge in [-0.05, 0) is 25.0 Å². The molecule has 2 aliphatic rings. The van der Waals surface area contributed by atoms with Crippen molar-refractivity contribution in [3.63, 3.8) is 0 Å². The first-order valence-corrected chi connectivity index (χ1v) is 9.80. The van der Waals surface area contributed by atoms with Crippen LogP contribution in [-0.2, 0) is 25.2 Å². The fourth-order valence-corrected chi connectivity index (χ4v) is 3.32. The Morgan fingerprint density at radius 1 is 1.27 bits per heavy atom. The van der Waals surface area contributed by atoms with Crippen LogP contribution in [0, 0.1) is 0 Å². The molecule has 0 unspecified atom stereocenters. The maximum absolute atomic E-state index is 12.6. The maximum Gasteiger partial charge on any atom is 0.490 e. The Bertz CT molecular complexity index is 818. The molecule has 0 radical (unpaired) electrons. The lowest BCUT2D eigenvalue weighted by Crippen LogP contribution is -2.46. The molecule has 2 aliphatic heterocycles. The van der Waals surface area contributed by atoms with Crippen molar-refractivity contribution in [3.05, 3.63) is 23.9 Å². The Kier molecular flexibility index (Phi) is 8.52. The van der Waals surface area contributed by atoms with Gasteiger partial charge in [0.15, 0.2) is 0 Å². The number of hydrogen-bond acceptors (Lipinski definition) is 6. The Balaban J connectivity index is 0.000000479. The second-order valence-corrected chi connectivity index (χ2v) is 7.57. The SMILES string of the molecule is CC(=O)N1CCOC[C@]2(CC[C@H](CNc3ccc(C(F)(F)F)cn3)O2)C1.O=C(O)C(F)(F)F. The highest BCUT2D eigenvalue weighted by molar-refractivity contribution is 5.73. The second-order valence-electron chi connectivity index (χ2n) is 7.57. The Labute approximate surface area is 184 Å². The number of rotatable bonds is 3. The quantitative estimate of drug-likeness (QED) is 0.633. The molecule has 1 spiro atoms. The summed E-state index contributed by atoms with van der Waals surface area (Å²) in [6.45, 7) is 3.94. The molecule has 0 aliphatic carbocycles. The summed E-state index contributed by atoms with van der Waals surface area (Å²) < 4.78 is 81.2. The lowest BCUT2D eigenvalue weighted by Gasteiger charge is -2.31. The molecule has 2 atom stereocenters. The first-order valence-electron chi connectivity index (χ1n) is 9.80. The first-order chi connectivity index (χ1) is 15.2. The largest absolute Gasteiger partial charge is 0.490 e. The minimum absolute atomic E-state index is 0.00555. The number of carbonyl (C=O) groups is 2. The molecule has 1 aromatic heterocycles. The van der Waals surface area contributed by atoms with Gasteiger partial charge in [0.1, 0.15) is 11.4 Å². The van der Waals surface area contributed by atoms with Gasteiger partial charge in [-0.25, -0.2) is 9.78 Å². The van der Waals surface area contributed by atoms with Crippen LogP contribution in [-0.4, -0.2) is 77.6 Å². The first kappa shape index (κ1) is 26.6. The number of alkyl halides is 6. The normalized spacial score (nSPS) is 23.5. The fourth-order valence-electron chi connectivity index (χ4n) is 3.32. The van der Waals surface area contributed by atoms with Crippen LogP contribution in [0.2, 0.25) is 0 Å². The van der Waals surface area contributed by atoms with Crippen LogP contribution < -0.4 is 5.32 Å². The van der Waals surface area contributed by atoms with Gasteiger partial charge in [-0.1, -0.05) is 0 Å². The van der Waals surface area contributed by atoms with Crippen LogP contribution in [0.25, 0.3) is 0 Å². The Morgan fingerprint density at radius 2 is 1.94 bits per heavy atom. The summed E-state index contributed by atoms with van der Waals surface area (Å²) >= 11 is 0. The van der Waals surface area contributed by atoms with E-state index >= 15 is 0 Å². The molecule has 33 heavy (non-hydrogen) atoms. The summed E-state index contributed by atoms with van der Waals surface area (Å²) in [6.07, 6.45) is -7.24. The average Bonchev–Trinajstić information content (AvgIpc) is 2.98. The minimum atomic E-state index is -5.08. The van der Waals surface area contributed by atoms with Gasteiger partial charge in [0.05, 0.1) is 31.4 Å². The third-order valence-electron chi connectivity index (χ3n) is 4.98. The lowest BCUT2D eigenvalue weighted by molar-refractivity contribution is -0.192. The molecule has 3 rings (SSSR count). The third kappa shape index (κ3) is 8.03. The average molecular weight is 487 g/mol. The summed E-state index contributed by atoms with van der Waals surface area (Å²) in [7, 11) is 0. The topological polar surface area (TPSA) is 101 Å². The van der Waals surface area contributed by atoms with Gasteiger partial charge in [0, 0.05) is 26.2 Å². The Morgan fingerprint density at radius 3 is 2.45 bits per heavy atom. The zero-order chi connectivity index (χ0) is 24.9. The van der Waals surface area contributed by atoms with Crippen molar-refractivity contribution in [2.24, 2.45) is 0 Å². The van der Waals surface area contributed by atoms with Gasteiger partial charge in [0.25, 0.3) is 0 Å². The van der Waals surface area contributed by atoms with Crippen molar-refractivity contribution >= 4 is 17.7 Å². The van der Waals surface area contributed by atoms with E-state index in [2.05, 4.69) is 10.3 Å². The van der Waals surface area contributed by atoms with Crippen LogP contribution in [0.1, 0.15) is 25.3 Å². The van der Waals surface area contributed by atoms with Crippen LogP contribution in [0.3, 0.4) is 0 Å². The molecule has 2 saturated heterocycles. The fraction of sp³-hybridized carbons (Fsp3) is 0.632. The van der Waals surface area contributed by atoms with Crippen molar-refractivity contribution in [2.45, 2.75) is 43.8 Å². The van der Waals surface area contributed by atoms with Gasteiger partial charge in [0.2, 0.25) is 5.91 Å². The number of aromatic nitrogens is 1. The van der Waals surface area contributed by atoms with E-state index in [9.17, 15) is 31.1 Å². The number of nitrogens with zero attached hydrogens (tertiary/aromatic N) is 2. The van der Waals surface area contributed by atoms with E-state index in [1.807, 2.05) is 0 Å². The molecule has 1 aromatic rings. The maximum atomic E-state index is 12.6. The Hall–Kier alpha value is -2.61. The number of hydrogen-bond donors (Lipinski definition) is 2. The molecular formula is C19H23F6N3O5. The molecular weight excluding hydrogens is 464 g/mol. The summed E-state index contributed by atoms with van der Waals surface area (Å²) in [5.74, 6) is -2.40. The number of carboxylic acid groups (broad SMARTS) is 1. The molecule has 2 N–H and O–H groups in total. The zero-order valence-corrected chi connectivity index (χ0v) is 17.5. The molecule has 3 heterocycles. The van der Waals surface area contributed by atoms with E-state index < -0.39 is 29.5 Å². The monoisotopic (exact) mass is 487 g/mol. The molecule has 14 heteroatoms. The van der Waals surface area contributed by atoms with Crippen LogP contribution >= 0.6 is 0 Å². The van der Waals surface area contributed by atoms with E-state index in [0.717, 1.165) is 25.1 Å². The van der Waals surface area contributed by atoms with Crippen molar-refractivity contribution in [2.75, 3.05) is 38.2 Å². The number of pyridine rings is 1. The van der Waals surface area contributed by atoms with Crippen LogP contribution in [0.15, 0.2) is 18.3 Å².